The predicted molar refractivity (Wildman–Crippen MR) is 66.7 cm³/mol. The van der Waals surface area contributed by atoms with Crippen molar-refractivity contribution in [2.24, 2.45) is 0 Å². The van der Waals surface area contributed by atoms with E-state index in [1.54, 1.807) is 11.3 Å². The van der Waals surface area contributed by atoms with E-state index in [1.807, 2.05) is 23.0 Å². The highest BCUT2D eigenvalue weighted by molar-refractivity contribution is 7.17. The first-order chi connectivity index (χ1) is 7.43. The first kappa shape index (κ1) is 9.07. The summed E-state index contributed by atoms with van der Waals surface area (Å²) in [6, 6.07) is 8.57. The van der Waals surface area contributed by atoms with E-state index >= 15 is 0 Å². The fourth-order valence-electron chi connectivity index (χ4n) is 1.69. The third kappa shape index (κ3) is 1.68. The van der Waals surface area contributed by atoms with E-state index in [9.17, 15) is 0 Å². The number of benzene rings is 1. The highest BCUT2D eigenvalue weighted by Gasteiger charge is 2.04. The topological polar surface area (TPSA) is 12.9 Å². The molecule has 0 aliphatic rings. The minimum absolute atomic E-state index is 1.01. The summed E-state index contributed by atoms with van der Waals surface area (Å²) in [6.45, 7) is 0. The van der Waals surface area contributed by atoms with Gasteiger partial charge in [-0.15, -0.1) is 22.7 Å². The minimum Gasteiger partial charge on any atom is -0.253 e. The van der Waals surface area contributed by atoms with Gasteiger partial charge in [-0.3, -0.25) is 4.98 Å². The molecule has 0 amide bonds. The molecule has 0 fully saturated rings. The minimum atomic E-state index is 1.01. The summed E-state index contributed by atoms with van der Waals surface area (Å²) in [5, 5.41) is 3.64. The van der Waals surface area contributed by atoms with Crippen molar-refractivity contribution >= 4 is 32.8 Å². The van der Waals surface area contributed by atoms with E-state index in [0.717, 1.165) is 6.42 Å². The molecule has 0 unspecified atom stereocenters. The van der Waals surface area contributed by atoms with Gasteiger partial charge in [-0.25, -0.2) is 0 Å². The molecule has 0 aliphatic carbocycles. The molecule has 2 aromatic heterocycles. The van der Waals surface area contributed by atoms with Crippen LogP contribution in [0.4, 0.5) is 0 Å². The van der Waals surface area contributed by atoms with Crippen LogP contribution in [0.1, 0.15) is 10.4 Å². The lowest BCUT2D eigenvalue weighted by molar-refractivity contribution is 1.25. The highest BCUT2D eigenvalue weighted by atomic mass is 32.1. The van der Waals surface area contributed by atoms with Crippen LogP contribution in [0, 0.1) is 0 Å². The number of rotatable bonds is 2. The predicted octanol–water partition coefficient (Wildman–Crippen LogP) is 3.95. The second kappa shape index (κ2) is 3.76. The van der Waals surface area contributed by atoms with Crippen molar-refractivity contribution in [3.63, 3.8) is 0 Å². The Kier molecular flexibility index (Phi) is 2.27. The van der Waals surface area contributed by atoms with E-state index in [4.69, 9.17) is 0 Å². The Labute approximate surface area is 96.0 Å². The summed E-state index contributed by atoms with van der Waals surface area (Å²) in [7, 11) is 0. The molecule has 1 nitrogen and oxygen atoms in total. The fourth-order valence-corrected chi connectivity index (χ4v) is 3.27. The van der Waals surface area contributed by atoms with Gasteiger partial charge in [0.05, 0.1) is 5.51 Å². The molecule has 0 aliphatic heterocycles. The van der Waals surface area contributed by atoms with E-state index < -0.39 is 0 Å². The van der Waals surface area contributed by atoms with Crippen molar-refractivity contribution in [1.82, 2.24) is 4.98 Å². The summed E-state index contributed by atoms with van der Waals surface area (Å²) in [5.74, 6) is 0. The number of hydrogen-bond donors (Lipinski definition) is 0. The Balaban J connectivity index is 2.05. The molecule has 0 spiro atoms. The summed E-state index contributed by atoms with van der Waals surface area (Å²) in [4.78, 5) is 5.44. The molecule has 15 heavy (non-hydrogen) atoms. The molecule has 3 rings (SSSR count). The van der Waals surface area contributed by atoms with Crippen molar-refractivity contribution < 1.29 is 0 Å². The van der Waals surface area contributed by atoms with Crippen molar-refractivity contribution in [2.75, 3.05) is 0 Å². The van der Waals surface area contributed by atoms with Crippen LogP contribution >= 0.6 is 22.7 Å². The first-order valence-electron chi connectivity index (χ1n) is 4.76. The molecule has 0 saturated carbocycles. The number of aromatic nitrogens is 1. The van der Waals surface area contributed by atoms with Gasteiger partial charge in [0.25, 0.3) is 0 Å². The van der Waals surface area contributed by atoms with Gasteiger partial charge < -0.3 is 0 Å². The standard InChI is InChI=1S/C12H9NS2/c1-2-4-12-11(3-1)9(7-14-12)5-10-6-13-8-15-10/h1-4,6-8H,5H2. The van der Waals surface area contributed by atoms with Crippen molar-refractivity contribution in [1.29, 1.82) is 0 Å². The van der Waals surface area contributed by atoms with Gasteiger partial charge in [0.15, 0.2) is 0 Å². The van der Waals surface area contributed by atoms with Crippen LogP contribution in [0.3, 0.4) is 0 Å². The Morgan fingerprint density at radius 2 is 2.07 bits per heavy atom. The third-order valence-electron chi connectivity index (χ3n) is 2.41. The first-order valence-corrected chi connectivity index (χ1v) is 6.52. The molecule has 1 aromatic carbocycles. The van der Waals surface area contributed by atoms with E-state index in [-0.39, 0.29) is 0 Å². The molecule has 0 saturated heterocycles. The van der Waals surface area contributed by atoms with Crippen LogP contribution in [0.2, 0.25) is 0 Å². The monoisotopic (exact) mass is 231 g/mol. The Morgan fingerprint density at radius 3 is 2.93 bits per heavy atom. The van der Waals surface area contributed by atoms with Gasteiger partial charge in [0.2, 0.25) is 0 Å². The molecule has 0 N–H and O–H groups in total. The molecule has 2 heterocycles. The van der Waals surface area contributed by atoms with Crippen LogP contribution in [0.15, 0.2) is 41.4 Å². The smallest absolute Gasteiger partial charge is 0.0794 e. The molecular formula is C12H9NS2. The Hall–Kier alpha value is -1.19. The highest BCUT2D eigenvalue weighted by Crippen LogP contribution is 2.28. The lowest BCUT2D eigenvalue weighted by atomic mass is 10.1. The maximum absolute atomic E-state index is 4.10. The van der Waals surface area contributed by atoms with Crippen LogP contribution in [-0.4, -0.2) is 4.98 Å². The van der Waals surface area contributed by atoms with Crippen LogP contribution in [0.5, 0.6) is 0 Å². The van der Waals surface area contributed by atoms with Crippen molar-refractivity contribution in [3.05, 3.63) is 51.8 Å². The zero-order valence-corrected chi connectivity index (χ0v) is 9.65. The molecule has 0 bridgehead atoms. The maximum Gasteiger partial charge on any atom is 0.0794 e. The summed E-state index contributed by atoms with van der Waals surface area (Å²) in [5.41, 5.74) is 3.31. The molecule has 3 heteroatoms. The van der Waals surface area contributed by atoms with Gasteiger partial charge >= 0.3 is 0 Å². The number of nitrogens with zero attached hydrogens (tertiary/aromatic N) is 1. The second-order valence-corrected chi connectivity index (χ2v) is 5.28. The SMILES string of the molecule is c1ccc2c(Cc3cncs3)csc2c1. The third-order valence-corrected chi connectivity index (χ3v) is 4.20. The van der Waals surface area contributed by atoms with E-state index in [1.165, 1.54) is 20.5 Å². The fraction of sp³-hybridized carbons (Fsp3) is 0.0833. The number of thiazole rings is 1. The van der Waals surface area contributed by atoms with Gasteiger partial charge in [0.1, 0.15) is 0 Å². The Bertz CT molecular complexity index is 566. The second-order valence-electron chi connectivity index (χ2n) is 3.40. The van der Waals surface area contributed by atoms with Crippen LogP contribution < -0.4 is 0 Å². The molecule has 0 radical (unpaired) electrons. The number of fused-ring (bicyclic) bond motifs is 1. The summed E-state index contributed by atoms with van der Waals surface area (Å²) in [6.07, 6.45) is 2.96. The lowest BCUT2D eigenvalue weighted by Crippen LogP contribution is -1.81. The largest absolute Gasteiger partial charge is 0.253 e. The zero-order chi connectivity index (χ0) is 10.1. The average Bonchev–Trinajstić information content (AvgIpc) is 2.89. The Morgan fingerprint density at radius 1 is 1.13 bits per heavy atom. The maximum atomic E-state index is 4.10. The summed E-state index contributed by atoms with van der Waals surface area (Å²) >= 11 is 3.54. The van der Waals surface area contributed by atoms with Crippen LogP contribution in [0.25, 0.3) is 10.1 Å². The van der Waals surface area contributed by atoms with Crippen molar-refractivity contribution in [3.8, 4) is 0 Å². The molecular weight excluding hydrogens is 222 g/mol. The quantitative estimate of drug-likeness (QED) is 0.651. The van der Waals surface area contributed by atoms with Gasteiger partial charge in [-0.1, -0.05) is 18.2 Å². The molecule has 74 valence electrons. The normalized spacial score (nSPS) is 10.9. The van der Waals surface area contributed by atoms with E-state index in [2.05, 4.69) is 34.6 Å². The lowest BCUT2D eigenvalue weighted by Gasteiger charge is -1.95. The zero-order valence-electron chi connectivity index (χ0n) is 8.01. The molecule has 3 aromatic rings. The van der Waals surface area contributed by atoms with Gasteiger partial charge in [0, 0.05) is 22.2 Å². The number of thiophene rings is 1. The molecule has 0 atom stereocenters. The van der Waals surface area contributed by atoms with Crippen molar-refractivity contribution in [2.45, 2.75) is 6.42 Å². The van der Waals surface area contributed by atoms with E-state index in [0.29, 0.717) is 0 Å². The van der Waals surface area contributed by atoms with Gasteiger partial charge in [-0.05, 0) is 22.4 Å². The van der Waals surface area contributed by atoms with Crippen LogP contribution in [-0.2, 0) is 6.42 Å². The average molecular weight is 231 g/mol. The van der Waals surface area contributed by atoms with Gasteiger partial charge in [-0.2, -0.15) is 0 Å². The number of hydrogen-bond acceptors (Lipinski definition) is 3. The summed E-state index contributed by atoms with van der Waals surface area (Å²) < 4.78 is 1.37.